The van der Waals surface area contributed by atoms with Crippen LogP contribution >= 0.6 is 0 Å². The van der Waals surface area contributed by atoms with E-state index in [4.69, 9.17) is 0 Å². The zero-order valence-electron chi connectivity index (χ0n) is 10.6. The summed E-state index contributed by atoms with van der Waals surface area (Å²) in [5.41, 5.74) is 3.92. The van der Waals surface area contributed by atoms with Crippen LogP contribution in [0.1, 0.15) is 5.82 Å². The summed E-state index contributed by atoms with van der Waals surface area (Å²) in [6, 6.07) is 7.26. The van der Waals surface area contributed by atoms with Crippen molar-refractivity contribution in [2.45, 2.75) is 6.42 Å². The van der Waals surface area contributed by atoms with Crippen molar-refractivity contribution in [3.63, 3.8) is 0 Å². The largest absolute Gasteiger partial charge is 0.452 e. The molecule has 7 nitrogen and oxygen atoms in total. The molecule has 7 heteroatoms. The molecule has 2 rings (SSSR count). The van der Waals surface area contributed by atoms with Gasteiger partial charge in [-0.25, -0.2) is 19.9 Å². The van der Waals surface area contributed by atoms with E-state index in [-0.39, 0.29) is 12.3 Å². The first-order chi connectivity index (χ1) is 9.15. The first kappa shape index (κ1) is 12.9. The van der Waals surface area contributed by atoms with Crippen LogP contribution in [-0.4, -0.2) is 35.8 Å². The highest BCUT2D eigenvalue weighted by Gasteiger charge is 2.15. The van der Waals surface area contributed by atoms with Crippen molar-refractivity contribution in [1.29, 1.82) is 0 Å². The second-order valence-electron chi connectivity index (χ2n) is 3.81. The van der Waals surface area contributed by atoms with Crippen LogP contribution in [0.5, 0.6) is 0 Å². The first-order valence-electron chi connectivity index (χ1n) is 5.67. The molecule has 0 aliphatic carbocycles. The van der Waals surface area contributed by atoms with Gasteiger partial charge in [0.05, 0.1) is 24.6 Å². The third-order valence-corrected chi connectivity index (χ3v) is 2.62. The number of ether oxygens (including phenoxy) is 1. The molecule has 1 heterocycles. The Kier molecular flexibility index (Phi) is 3.65. The number of carbonyl (C=O) groups excluding carboxylic acids is 2. The van der Waals surface area contributed by atoms with Crippen LogP contribution in [0.4, 0.5) is 4.79 Å². The number of hydrogen-bond acceptors (Lipinski definition) is 4. The van der Waals surface area contributed by atoms with Crippen LogP contribution < -0.4 is 10.7 Å². The highest BCUT2D eigenvalue weighted by atomic mass is 16.5. The molecule has 0 spiro atoms. The SMILES string of the molecule is CNC(=O)Cc1nc2ccccc2n1NC(=O)OC. The summed E-state index contributed by atoms with van der Waals surface area (Å²) >= 11 is 0. The van der Waals surface area contributed by atoms with Crippen molar-refractivity contribution in [3.8, 4) is 0 Å². The van der Waals surface area contributed by atoms with Crippen molar-refractivity contribution >= 4 is 23.0 Å². The molecule has 1 aromatic heterocycles. The van der Waals surface area contributed by atoms with Crippen LogP contribution in [0.25, 0.3) is 11.0 Å². The van der Waals surface area contributed by atoms with Gasteiger partial charge in [0.1, 0.15) is 5.82 Å². The number of para-hydroxylation sites is 2. The van der Waals surface area contributed by atoms with Gasteiger partial charge in [0.25, 0.3) is 0 Å². The van der Waals surface area contributed by atoms with Crippen LogP contribution in [0.2, 0.25) is 0 Å². The number of imidazole rings is 1. The Morgan fingerprint density at radius 3 is 2.79 bits per heavy atom. The van der Waals surface area contributed by atoms with E-state index in [9.17, 15) is 9.59 Å². The van der Waals surface area contributed by atoms with E-state index in [0.717, 1.165) is 0 Å². The maximum absolute atomic E-state index is 11.5. The van der Waals surface area contributed by atoms with E-state index in [1.54, 1.807) is 19.2 Å². The van der Waals surface area contributed by atoms with Crippen LogP contribution in [0.3, 0.4) is 0 Å². The Labute approximate surface area is 109 Å². The molecule has 19 heavy (non-hydrogen) atoms. The Bertz CT molecular complexity index is 620. The van der Waals surface area contributed by atoms with Crippen LogP contribution in [0.15, 0.2) is 24.3 Å². The molecule has 0 saturated heterocycles. The summed E-state index contributed by atoms with van der Waals surface area (Å²) in [4.78, 5) is 27.1. The molecule has 0 fully saturated rings. The number of rotatable bonds is 3. The highest BCUT2D eigenvalue weighted by Crippen LogP contribution is 2.14. The van der Waals surface area contributed by atoms with E-state index in [1.165, 1.54) is 11.8 Å². The summed E-state index contributed by atoms with van der Waals surface area (Å²) < 4.78 is 6.01. The molecule has 100 valence electrons. The lowest BCUT2D eigenvalue weighted by molar-refractivity contribution is -0.120. The maximum Gasteiger partial charge on any atom is 0.426 e. The quantitative estimate of drug-likeness (QED) is 0.849. The third kappa shape index (κ3) is 2.65. The first-order valence-corrected chi connectivity index (χ1v) is 5.67. The van der Waals surface area contributed by atoms with Gasteiger partial charge < -0.3 is 10.1 Å². The van der Waals surface area contributed by atoms with E-state index in [0.29, 0.717) is 16.9 Å². The highest BCUT2D eigenvalue weighted by molar-refractivity contribution is 5.84. The van der Waals surface area contributed by atoms with E-state index >= 15 is 0 Å². The monoisotopic (exact) mass is 262 g/mol. The fourth-order valence-corrected chi connectivity index (χ4v) is 1.69. The van der Waals surface area contributed by atoms with Gasteiger partial charge in [-0.2, -0.15) is 0 Å². The van der Waals surface area contributed by atoms with E-state index in [2.05, 4.69) is 20.5 Å². The number of hydrogen-bond donors (Lipinski definition) is 2. The molecule has 0 radical (unpaired) electrons. The third-order valence-electron chi connectivity index (χ3n) is 2.62. The van der Waals surface area contributed by atoms with Gasteiger partial charge in [0, 0.05) is 7.05 Å². The smallest absolute Gasteiger partial charge is 0.426 e. The van der Waals surface area contributed by atoms with Crippen molar-refractivity contribution in [1.82, 2.24) is 15.0 Å². The molecule has 0 atom stereocenters. The molecule has 1 aromatic carbocycles. The predicted molar refractivity (Wildman–Crippen MR) is 69.3 cm³/mol. The Balaban J connectivity index is 2.45. The Hall–Kier alpha value is -2.57. The van der Waals surface area contributed by atoms with Gasteiger partial charge in [0.15, 0.2) is 0 Å². The number of fused-ring (bicyclic) bond motifs is 1. The van der Waals surface area contributed by atoms with Crippen molar-refractivity contribution in [3.05, 3.63) is 30.1 Å². The molecule has 2 N–H and O–H groups in total. The second-order valence-corrected chi connectivity index (χ2v) is 3.81. The second kappa shape index (κ2) is 5.38. The molecule has 0 aliphatic heterocycles. The van der Waals surface area contributed by atoms with Gasteiger partial charge in [-0.3, -0.25) is 4.79 Å². The molecule has 0 saturated carbocycles. The molecule has 0 aliphatic rings. The van der Waals surface area contributed by atoms with Crippen molar-refractivity contribution in [2.24, 2.45) is 0 Å². The molecular formula is C12H14N4O3. The Morgan fingerprint density at radius 2 is 2.11 bits per heavy atom. The fraction of sp³-hybridized carbons (Fsp3) is 0.250. The molecule has 0 bridgehead atoms. The number of carbonyl (C=O) groups is 2. The van der Waals surface area contributed by atoms with Crippen molar-refractivity contribution in [2.75, 3.05) is 19.6 Å². The van der Waals surface area contributed by atoms with Gasteiger partial charge in [-0.15, -0.1) is 0 Å². The van der Waals surface area contributed by atoms with E-state index in [1.807, 2.05) is 12.1 Å². The summed E-state index contributed by atoms with van der Waals surface area (Å²) in [6.45, 7) is 0. The number of benzene rings is 1. The average Bonchev–Trinajstić information content (AvgIpc) is 2.76. The number of aromatic nitrogens is 2. The minimum absolute atomic E-state index is 0.0647. The number of likely N-dealkylation sites (N-methyl/N-ethyl adjacent to an activating group) is 1. The Morgan fingerprint density at radius 1 is 1.37 bits per heavy atom. The summed E-state index contributed by atoms with van der Waals surface area (Å²) in [7, 11) is 2.82. The summed E-state index contributed by atoms with van der Waals surface area (Å²) in [6.07, 6.45) is -0.559. The van der Waals surface area contributed by atoms with Gasteiger partial charge in [-0.05, 0) is 12.1 Å². The average molecular weight is 262 g/mol. The van der Waals surface area contributed by atoms with Crippen LogP contribution in [-0.2, 0) is 16.0 Å². The lowest BCUT2D eigenvalue weighted by atomic mass is 10.3. The number of nitrogens with zero attached hydrogens (tertiary/aromatic N) is 2. The normalized spacial score (nSPS) is 10.2. The number of methoxy groups -OCH3 is 1. The molecule has 0 unspecified atom stereocenters. The number of nitrogens with one attached hydrogen (secondary N) is 2. The molecular weight excluding hydrogens is 248 g/mol. The minimum Gasteiger partial charge on any atom is -0.452 e. The summed E-state index contributed by atoms with van der Waals surface area (Å²) in [5.74, 6) is 0.245. The zero-order chi connectivity index (χ0) is 13.8. The van der Waals surface area contributed by atoms with Gasteiger partial charge in [-0.1, -0.05) is 12.1 Å². The standard InChI is InChI=1S/C12H14N4O3/c1-13-11(17)7-10-14-8-5-3-4-6-9(8)16(10)15-12(18)19-2/h3-6H,7H2,1-2H3,(H,13,17)(H,15,18). The number of amides is 2. The van der Waals surface area contributed by atoms with Crippen LogP contribution in [0, 0.1) is 0 Å². The molecule has 2 aromatic rings. The lowest BCUT2D eigenvalue weighted by Gasteiger charge is -2.09. The maximum atomic E-state index is 11.5. The summed E-state index contributed by atoms with van der Waals surface area (Å²) in [5, 5.41) is 2.52. The molecule has 2 amide bonds. The topological polar surface area (TPSA) is 85.3 Å². The lowest BCUT2D eigenvalue weighted by Crippen LogP contribution is -2.28. The van der Waals surface area contributed by atoms with Crippen molar-refractivity contribution < 1.29 is 14.3 Å². The minimum atomic E-state index is -0.624. The van der Waals surface area contributed by atoms with E-state index < -0.39 is 6.09 Å². The predicted octanol–water partition coefficient (Wildman–Crippen LogP) is 0.635. The fourth-order valence-electron chi connectivity index (χ4n) is 1.69. The van der Waals surface area contributed by atoms with Gasteiger partial charge >= 0.3 is 6.09 Å². The van der Waals surface area contributed by atoms with Gasteiger partial charge in [0.2, 0.25) is 5.91 Å². The zero-order valence-corrected chi connectivity index (χ0v) is 10.6.